The van der Waals surface area contributed by atoms with E-state index in [1.165, 1.54) is 0 Å². The smallest absolute Gasteiger partial charge is 0.759 e. The van der Waals surface area contributed by atoms with Gasteiger partial charge in [0, 0.05) is 10.4 Å². The Labute approximate surface area is 51.7 Å². The van der Waals surface area contributed by atoms with Crippen LogP contribution >= 0.6 is 0 Å². The average Bonchev–Trinajstić information content (AvgIpc) is 0.722. The van der Waals surface area contributed by atoms with Crippen LogP contribution in [0.2, 0.25) is 0 Å². The van der Waals surface area contributed by atoms with Crippen molar-refractivity contribution < 1.29 is 34.6 Å². The van der Waals surface area contributed by atoms with Crippen molar-refractivity contribution in [3.05, 3.63) is 0 Å². The first-order valence-corrected chi connectivity index (χ1v) is 2.00. The van der Waals surface area contributed by atoms with E-state index < -0.39 is 10.4 Å². The molecule has 0 aliphatic carbocycles. The van der Waals surface area contributed by atoms with E-state index in [0.29, 0.717) is 0 Å². The summed E-state index contributed by atoms with van der Waals surface area (Å²) in [5.74, 6) is 0. The molecule has 0 bridgehead atoms. The fourth-order valence-corrected chi connectivity index (χ4v) is 0. The summed E-state index contributed by atoms with van der Waals surface area (Å²) in [5.41, 5.74) is 0. The first-order chi connectivity index (χ1) is 2.00. The Morgan fingerprint density at radius 1 is 1.14 bits per heavy atom. The van der Waals surface area contributed by atoms with Gasteiger partial charge in [0.15, 0.2) is 0 Å². The van der Waals surface area contributed by atoms with Crippen molar-refractivity contribution in [1.82, 2.24) is 6.15 Å². The molecule has 0 amide bonds. The molecule has 7 heavy (non-hydrogen) atoms. The van der Waals surface area contributed by atoms with Crippen LogP contribution in [0.25, 0.3) is 0 Å². The molecule has 0 aromatic carbocycles. The number of rotatable bonds is 0. The van der Waals surface area contributed by atoms with Gasteiger partial charge in [-0.2, -0.15) is 0 Å². The second-order valence-corrected chi connectivity index (χ2v) is 1.22. The van der Waals surface area contributed by atoms with E-state index in [9.17, 15) is 0 Å². The molecule has 0 aliphatic heterocycles. The summed E-state index contributed by atoms with van der Waals surface area (Å²) in [4.78, 5) is 0. The zero-order valence-corrected chi connectivity index (χ0v) is 5.12. The average molecular weight is 168 g/mol. The summed E-state index contributed by atoms with van der Waals surface area (Å²) in [7, 11) is -5.17. The van der Waals surface area contributed by atoms with Crippen LogP contribution in [0, 0.1) is 0 Å². The van der Waals surface area contributed by atoms with E-state index in [1.54, 1.807) is 0 Å². The zero-order valence-electron chi connectivity index (χ0n) is 3.13. The van der Waals surface area contributed by atoms with E-state index in [1.807, 2.05) is 0 Å². The van der Waals surface area contributed by atoms with E-state index >= 15 is 0 Å². The van der Waals surface area contributed by atoms with Crippen LogP contribution in [0.15, 0.2) is 0 Å². The van der Waals surface area contributed by atoms with Crippen LogP contribution in [0.1, 0.15) is 0 Å². The van der Waals surface area contributed by atoms with Gasteiger partial charge in [-0.25, -0.2) is 0 Å². The van der Waals surface area contributed by atoms with Gasteiger partial charge in [0.2, 0.25) is 0 Å². The molecule has 0 aromatic rings. The largest absolute Gasteiger partial charge is 2.00 e. The second-order valence-electron chi connectivity index (χ2n) is 0.408. The van der Waals surface area contributed by atoms with Crippen LogP contribution in [-0.4, -0.2) is 17.5 Å². The minimum absolute atomic E-state index is 0. The standard InChI is InChI=1S/Mn.H3N.H2O4S/c;;1-5(2,3)4/h;1H3;(H2,1,2,3,4)/q+2;;/p-2. The SMILES string of the molecule is N.O=S(=O)([O-])[O-].[Mn+2]. The Balaban J connectivity index is -0.0000000800. The van der Waals surface area contributed by atoms with Gasteiger partial charge in [-0.3, -0.25) is 8.42 Å². The van der Waals surface area contributed by atoms with Crippen molar-refractivity contribution in [1.29, 1.82) is 0 Å². The molecule has 0 saturated carbocycles. The quantitative estimate of drug-likeness (QED) is 0.277. The first-order valence-electron chi connectivity index (χ1n) is 0.667. The number of hydrogen-bond donors (Lipinski definition) is 1. The van der Waals surface area contributed by atoms with Crippen LogP contribution < -0.4 is 6.15 Å². The monoisotopic (exact) mass is 168 g/mol. The van der Waals surface area contributed by atoms with Gasteiger partial charge in [-0.15, -0.1) is 0 Å². The summed E-state index contributed by atoms with van der Waals surface area (Å²) in [5, 5.41) is 0. The van der Waals surface area contributed by atoms with Gasteiger partial charge in [0.1, 0.15) is 0 Å². The van der Waals surface area contributed by atoms with Gasteiger partial charge < -0.3 is 15.3 Å². The Morgan fingerprint density at radius 2 is 1.14 bits per heavy atom. The molecule has 0 rings (SSSR count). The number of hydrogen-bond acceptors (Lipinski definition) is 5. The molecule has 5 nitrogen and oxygen atoms in total. The zero-order chi connectivity index (χ0) is 4.50. The molecular formula is H3MnNO4S. The van der Waals surface area contributed by atoms with Gasteiger partial charge in [0.25, 0.3) is 0 Å². The van der Waals surface area contributed by atoms with Crippen molar-refractivity contribution in [2.24, 2.45) is 0 Å². The fraction of sp³-hybridized carbons (Fsp3) is 0. The molecule has 0 aliphatic rings. The summed E-state index contributed by atoms with van der Waals surface area (Å²) in [6.45, 7) is 0. The molecular weight excluding hydrogens is 165 g/mol. The van der Waals surface area contributed by atoms with Gasteiger partial charge >= 0.3 is 17.1 Å². The molecule has 0 heterocycles. The third-order valence-electron chi connectivity index (χ3n) is 0. The van der Waals surface area contributed by atoms with Crippen LogP contribution in [0.3, 0.4) is 0 Å². The van der Waals surface area contributed by atoms with Gasteiger partial charge in [-0.1, -0.05) is 0 Å². The van der Waals surface area contributed by atoms with E-state index in [0.717, 1.165) is 0 Å². The molecule has 0 fully saturated rings. The molecule has 0 spiro atoms. The minimum Gasteiger partial charge on any atom is -0.759 e. The van der Waals surface area contributed by atoms with Crippen molar-refractivity contribution in [2.75, 3.05) is 0 Å². The molecule has 0 saturated heterocycles. The molecule has 1 radical (unpaired) electrons. The van der Waals surface area contributed by atoms with Crippen LogP contribution in [-0.2, 0) is 27.5 Å². The molecule has 3 N–H and O–H groups in total. The molecule has 0 unspecified atom stereocenters. The Bertz CT molecular complexity index is 94.9. The maximum Gasteiger partial charge on any atom is 2.00 e. The van der Waals surface area contributed by atoms with Crippen LogP contribution in [0.4, 0.5) is 0 Å². The Morgan fingerprint density at radius 3 is 1.14 bits per heavy atom. The van der Waals surface area contributed by atoms with E-state index in [2.05, 4.69) is 0 Å². The first kappa shape index (κ1) is 15.7. The predicted molar refractivity (Wildman–Crippen MR) is 15.5 cm³/mol. The molecule has 0 aromatic heterocycles. The van der Waals surface area contributed by atoms with Gasteiger partial charge in [-0.05, 0) is 0 Å². The van der Waals surface area contributed by atoms with Crippen molar-refractivity contribution in [3.63, 3.8) is 0 Å². The normalized spacial score (nSPS) is 8.29. The summed E-state index contributed by atoms with van der Waals surface area (Å²) >= 11 is 0. The predicted octanol–water partition coefficient (Wildman–Crippen LogP) is -1.18. The van der Waals surface area contributed by atoms with Crippen molar-refractivity contribution in [3.8, 4) is 0 Å². The fourth-order valence-electron chi connectivity index (χ4n) is 0. The van der Waals surface area contributed by atoms with E-state index in [-0.39, 0.29) is 23.2 Å². The maximum absolute atomic E-state index is 8.52. The Kier molecular flexibility index (Phi) is 10.1. The van der Waals surface area contributed by atoms with Crippen molar-refractivity contribution in [2.45, 2.75) is 0 Å². The van der Waals surface area contributed by atoms with Gasteiger partial charge in [0.05, 0.1) is 0 Å². The minimum atomic E-state index is -5.17. The van der Waals surface area contributed by atoms with E-state index in [4.69, 9.17) is 17.5 Å². The molecule has 0 atom stereocenters. The molecule has 45 valence electrons. The topological polar surface area (TPSA) is 115 Å². The third kappa shape index (κ3) is 983. The molecule has 7 heteroatoms. The summed E-state index contributed by atoms with van der Waals surface area (Å²) in [6, 6.07) is 0. The third-order valence-corrected chi connectivity index (χ3v) is 0. The summed E-state index contributed by atoms with van der Waals surface area (Å²) in [6.07, 6.45) is 0. The second kappa shape index (κ2) is 4.51. The summed E-state index contributed by atoms with van der Waals surface area (Å²) < 4.78 is 34.1. The van der Waals surface area contributed by atoms with Crippen molar-refractivity contribution >= 4 is 10.4 Å². The Hall–Kier alpha value is 0.349. The van der Waals surface area contributed by atoms with Crippen LogP contribution in [0.5, 0.6) is 0 Å². The maximum atomic E-state index is 8.52.